The van der Waals surface area contributed by atoms with Crippen molar-refractivity contribution in [3.05, 3.63) is 36.6 Å². The Labute approximate surface area is 87.5 Å². The average molecular weight is 223 g/mol. The highest BCUT2D eigenvalue weighted by Gasteiger charge is 2.14. The van der Waals surface area contributed by atoms with Gasteiger partial charge in [0.15, 0.2) is 14.9 Å². The Bertz CT molecular complexity index is 557. The average Bonchev–Trinajstić information content (AvgIpc) is 2.67. The molecular weight excluding hydrogens is 214 g/mol. The first-order chi connectivity index (χ1) is 7.07. The topological polar surface area (TPSA) is 60.2 Å². The molecular formula is C10H9NO3S. The molecule has 0 aliphatic rings. The minimum absolute atomic E-state index is 0.0404. The molecule has 1 aromatic heterocycles. The molecule has 0 saturated heterocycles. The second-order valence-corrected chi connectivity index (χ2v) is 5.09. The van der Waals surface area contributed by atoms with E-state index in [4.69, 9.17) is 4.42 Å². The lowest BCUT2D eigenvalue weighted by Crippen LogP contribution is -1.96. The number of hydrogen-bond acceptors (Lipinski definition) is 4. The van der Waals surface area contributed by atoms with Crippen LogP contribution in [0.25, 0.3) is 11.5 Å². The molecule has 2 rings (SSSR count). The standard InChI is InChI=1S/C10H9NO3S/c1-15(12,13)9-7-14-10(11-9)8-5-3-2-4-6-8/h2-7H,1H3. The summed E-state index contributed by atoms with van der Waals surface area (Å²) in [5.41, 5.74) is 0.757. The number of rotatable bonds is 2. The van der Waals surface area contributed by atoms with E-state index in [2.05, 4.69) is 4.98 Å². The number of nitrogens with zero attached hydrogens (tertiary/aromatic N) is 1. The van der Waals surface area contributed by atoms with Crippen molar-refractivity contribution in [2.24, 2.45) is 0 Å². The highest BCUT2D eigenvalue weighted by atomic mass is 32.2. The Morgan fingerprint density at radius 2 is 1.87 bits per heavy atom. The predicted molar refractivity (Wildman–Crippen MR) is 55.0 cm³/mol. The molecule has 2 aromatic rings. The maximum atomic E-state index is 11.2. The summed E-state index contributed by atoms with van der Waals surface area (Å²) < 4.78 is 27.4. The maximum Gasteiger partial charge on any atom is 0.227 e. The summed E-state index contributed by atoms with van der Waals surface area (Å²) >= 11 is 0. The zero-order valence-corrected chi connectivity index (χ0v) is 8.86. The summed E-state index contributed by atoms with van der Waals surface area (Å²) in [7, 11) is -3.29. The minimum Gasteiger partial charge on any atom is -0.443 e. The third kappa shape index (κ3) is 2.07. The van der Waals surface area contributed by atoms with Gasteiger partial charge in [0, 0.05) is 11.8 Å². The third-order valence-corrected chi connectivity index (χ3v) is 2.83. The van der Waals surface area contributed by atoms with Crippen molar-refractivity contribution in [3.63, 3.8) is 0 Å². The lowest BCUT2D eigenvalue weighted by Gasteiger charge is -1.92. The zero-order chi connectivity index (χ0) is 10.9. The van der Waals surface area contributed by atoms with Gasteiger partial charge >= 0.3 is 0 Å². The molecule has 0 bridgehead atoms. The van der Waals surface area contributed by atoms with E-state index < -0.39 is 9.84 Å². The largest absolute Gasteiger partial charge is 0.443 e. The molecule has 5 heteroatoms. The van der Waals surface area contributed by atoms with Gasteiger partial charge in [0.25, 0.3) is 0 Å². The predicted octanol–water partition coefficient (Wildman–Crippen LogP) is 1.75. The van der Waals surface area contributed by atoms with Gasteiger partial charge in [-0.2, -0.15) is 4.98 Å². The number of aromatic nitrogens is 1. The Balaban J connectivity index is 2.46. The third-order valence-electron chi connectivity index (χ3n) is 1.88. The summed E-state index contributed by atoms with van der Waals surface area (Å²) in [4.78, 5) is 3.90. The first-order valence-corrected chi connectivity index (χ1v) is 6.17. The van der Waals surface area contributed by atoms with Crippen LogP contribution in [0, 0.1) is 0 Å². The molecule has 1 aromatic carbocycles. The van der Waals surface area contributed by atoms with Crippen LogP contribution in [0.15, 0.2) is 46.0 Å². The summed E-state index contributed by atoms with van der Waals surface area (Å²) in [5, 5.41) is -0.0404. The van der Waals surface area contributed by atoms with Gasteiger partial charge in [0.1, 0.15) is 6.26 Å². The Kier molecular flexibility index (Phi) is 2.32. The van der Waals surface area contributed by atoms with Crippen molar-refractivity contribution in [2.45, 2.75) is 5.03 Å². The number of oxazole rings is 1. The molecule has 1 heterocycles. The van der Waals surface area contributed by atoms with Gasteiger partial charge < -0.3 is 4.42 Å². The number of hydrogen-bond donors (Lipinski definition) is 0. The summed E-state index contributed by atoms with van der Waals surface area (Å²) in [6, 6.07) is 9.14. The van der Waals surface area contributed by atoms with Gasteiger partial charge in [-0.3, -0.25) is 0 Å². The van der Waals surface area contributed by atoms with Crippen LogP contribution in [0.3, 0.4) is 0 Å². The first-order valence-electron chi connectivity index (χ1n) is 4.28. The molecule has 0 aliphatic carbocycles. The van der Waals surface area contributed by atoms with Crippen LogP contribution in [0.2, 0.25) is 0 Å². The fourth-order valence-corrected chi connectivity index (χ4v) is 1.61. The van der Waals surface area contributed by atoms with Gasteiger partial charge in [-0.05, 0) is 12.1 Å². The van der Waals surface area contributed by atoms with Crippen LogP contribution in [0.4, 0.5) is 0 Å². The fourth-order valence-electron chi connectivity index (χ4n) is 1.14. The van der Waals surface area contributed by atoms with E-state index in [9.17, 15) is 8.42 Å². The molecule has 0 unspecified atom stereocenters. The monoisotopic (exact) mass is 223 g/mol. The second kappa shape index (κ2) is 3.51. The maximum absolute atomic E-state index is 11.2. The normalized spacial score (nSPS) is 11.5. The van der Waals surface area contributed by atoms with E-state index in [1.807, 2.05) is 18.2 Å². The van der Waals surface area contributed by atoms with Crippen molar-refractivity contribution in [1.29, 1.82) is 0 Å². The van der Waals surface area contributed by atoms with E-state index in [-0.39, 0.29) is 5.03 Å². The van der Waals surface area contributed by atoms with E-state index in [0.717, 1.165) is 18.1 Å². The Hall–Kier alpha value is -1.62. The highest BCUT2D eigenvalue weighted by molar-refractivity contribution is 7.90. The van der Waals surface area contributed by atoms with Crippen LogP contribution in [-0.2, 0) is 9.84 Å². The number of benzene rings is 1. The lowest BCUT2D eigenvalue weighted by molar-refractivity contribution is 0.567. The van der Waals surface area contributed by atoms with Crippen molar-refractivity contribution < 1.29 is 12.8 Å². The summed E-state index contributed by atoms with van der Waals surface area (Å²) in [6.45, 7) is 0. The molecule has 4 nitrogen and oxygen atoms in total. The van der Waals surface area contributed by atoms with Gasteiger partial charge in [0.2, 0.25) is 5.89 Å². The Morgan fingerprint density at radius 3 is 2.40 bits per heavy atom. The SMILES string of the molecule is CS(=O)(=O)c1coc(-c2ccccc2)n1. The molecule has 0 atom stereocenters. The van der Waals surface area contributed by atoms with Gasteiger partial charge in [-0.25, -0.2) is 8.42 Å². The fraction of sp³-hybridized carbons (Fsp3) is 0.100. The van der Waals surface area contributed by atoms with E-state index in [0.29, 0.717) is 5.89 Å². The lowest BCUT2D eigenvalue weighted by atomic mass is 10.2. The molecule has 78 valence electrons. The first kappa shape index (κ1) is 9.92. The van der Waals surface area contributed by atoms with Crippen molar-refractivity contribution in [1.82, 2.24) is 4.98 Å². The smallest absolute Gasteiger partial charge is 0.227 e. The Morgan fingerprint density at radius 1 is 1.20 bits per heavy atom. The molecule has 0 N–H and O–H groups in total. The summed E-state index contributed by atoms with van der Waals surface area (Å²) in [6.07, 6.45) is 2.25. The zero-order valence-electron chi connectivity index (χ0n) is 8.04. The molecule has 0 radical (unpaired) electrons. The van der Waals surface area contributed by atoms with Gasteiger partial charge in [0.05, 0.1) is 0 Å². The van der Waals surface area contributed by atoms with Crippen molar-refractivity contribution >= 4 is 9.84 Å². The van der Waals surface area contributed by atoms with Crippen LogP contribution in [-0.4, -0.2) is 19.7 Å². The highest BCUT2D eigenvalue weighted by Crippen LogP contribution is 2.19. The second-order valence-electron chi connectivity index (χ2n) is 3.13. The van der Waals surface area contributed by atoms with E-state index >= 15 is 0 Å². The number of sulfone groups is 1. The van der Waals surface area contributed by atoms with Gasteiger partial charge in [-0.15, -0.1) is 0 Å². The van der Waals surface area contributed by atoms with Crippen molar-refractivity contribution in [3.8, 4) is 11.5 Å². The minimum atomic E-state index is -3.29. The van der Waals surface area contributed by atoms with Crippen molar-refractivity contribution in [2.75, 3.05) is 6.26 Å². The van der Waals surface area contributed by atoms with Crippen LogP contribution < -0.4 is 0 Å². The van der Waals surface area contributed by atoms with Crippen LogP contribution in [0.1, 0.15) is 0 Å². The molecule has 0 amide bonds. The van der Waals surface area contributed by atoms with Crippen LogP contribution in [0.5, 0.6) is 0 Å². The van der Waals surface area contributed by atoms with E-state index in [1.54, 1.807) is 12.1 Å². The molecule has 0 fully saturated rings. The molecule has 0 spiro atoms. The van der Waals surface area contributed by atoms with Gasteiger partial charge in [-0.1, -0.05) is 18.2 Å². The quantitative estimate of drug-likeness (QED) is 0.778. The molecule has 0 aliphatic heterocycles. The van der Waals surface area contributed by atoms with E-state index in [1.165, 1.54) is 0 Å². The summed E-state index contributed by atoms with van der Waals surface area (Å²) in [5.74, 6) is 0.316. The van der Waals surface area contributed by atoms with Crippen LogP contribution >= 0.6 is 0 Å². The molecule has 15 heavy (non-hydrogen) atoms. The molecule has 0 saturated carbocycles.